The van der Waals surface area contributed by atoms with Gasteiger partial charge in [0.05, 0.1) is 17.9 Å². The van der Waals surface area contributed by atoms with E-state index in [4.69, 9.17) is 10.3 Å². The molecule has 3 nitrogen and oxygen atoms in total. The van der Waals surface area contributed by atoms with E-state index in [1.165, 1.54) is 12.3 Å². The molecule has 102 valence electrons. The number of hydrazine groups is 1. The number of hydrogen-bond donors (Lipinski definition) is 2. The Morgan fingerprint density at radius 1 is 1.21 bits per heavy atom. The topological polar surface area (TPSA) is 51.2 Å². The molecule has 1 aromatic heterocycles. The summed E-state index contributed by atoms with van der Waals surface area (Å²) in [6.07, 6.45) is -2.90. The normalized spacial score (nSPS) is 13.5. The van der Waals surface area contributed by atoms with Crippen LogP contribution in [-0.4, -0.2) is 0 Å². The predicted molar refractivity (Wildman–Crippen MR) is 64.1 cm³/mol. The lowest BCUT2D eigenvalue weighted by Gasteiger charge is -2.16. The fraction of sp³-hybridized carbons (Fsp3) is 0.231. The molecule has 1 unspecified atom stereocenters. The second-order valence-electron chi connectivity index (χ2n) is 4.21. The molecule has 19 heavy (non-hydrogen) atoms. The van der Waals surface area contributed by atoms with Gasteiger partial charge in [-0.1, -0.05) is 12.1 Å². The molecule has 0 saturated heterocycles. The number of nitrogens with one attached hydrogen (secondary N) is 1. The minimum Gasteiger partial charge on any atom is -0.469 e. The van der Waals surface area contributed by atoms with Gasteiger partial charge in [0.15, 0.2) is 0 Å². The highest BCUT2D eigenvalue weighted by Crippen LogP contribution is 2.32. The van der Waals surface area contributed by atoms with Gasteiger partial charge in [0.1, 0.15) is 5.76 Å². The van der Waals surface area contributed by atoms with Crippen molar-refractivity contribution in [1.29, 1.82) is 0 Å². The molecule has 0 fully saturated rings. The molecule has 0 saturated carbocycles. The van der Waals surface area contributed by atoms with Crippen LogP contribution in [0.3, 0.4) is 0 Å². The van der Waals surface area contributed by atoms with Crippen molar-refractivity contribution in [2.75, 3.05) is 0 Å². The number of furan rings is 1. The number of benzene rings is 1. The molecule has 2 rings (SSSR count). The van der Waals surface area contributed by atoms with Gasteiger partial charge in [-0.15, -0.1) is 0 Å². The SMILES string of the molecule is Cc1cc(C(NN)c2cccc(C(F)(F)F)c2)co1. The molecule has 6 heteroatoms. The van der Waals surface area contributed by atoms with Crippen LogP contribution < -0.4 is 11.3 Å². The molecular weight excluding hydrogens is 257 g/mol. The lowest BCUT2D eigenvalue weighted by atomic mass is 9.99. The summed E-state index contributed by atoms with van der Waals surface area (Å²) in [6.45, 7) is 1.75. The largest absolute Gasteiger partial charge is 0.469 e. The molecule has 0 amide bonds. The van der Waals surface area contributed by atoms with Crippen molar-refractivity contribution in [3.63, 3.8) is 0 Å². The van der Waals surface area contributed by atoms with Gasteiger partial charge in [0.25, 0.3) is 0 Å². The van der Waals surface area contributed by atoms with Gasteiger partial charge in [-0.3, -0.25) is 5.84 Å². The quantitative estimate of drug-likeness (QED) is 0.665. The minimum absolute atomic E-state index is 0.429. The van der Waals surface area contributed by atoms with Gasteiger partial charge in [-0.25, -0.2) is 5.43 Å². The molecule has 0 spiro atoms. The van der Waals surface area contributed by atoms with E-state index in [2.05, 4.69) is 5.43 Å². The molecule has 0 aliphatic carbocycles. The predicted octanol–water partition coefficient (Wildman–Crippen LogP) is 3.16. The summed E-state index contributed by atoms with van der Waals surface area (Å²) in [5, 5.41) is 0. The lowest BCUT2D eigenvalue weighted by molar-refractivity contribution is -0.137. The summed E-state index contributed by atoms with van der Waals surface area (Å²) < 4.78 is 43.2. The molecular formula is C13H13F3N2O. The van der Waals surface area contributed by atoms with Crippen LogP contribution in [0.1, 0.15) is 28.5 Å². The summed E-state index contributed by atoms with van der Waals surface area (Å²) in [7, 11) is 0. The second kappa shape index (κ2) is 5.07. The number of nitrogens with two attached hydrogens (primary N) is 1. The van der Waals surface area contributed by atoms with E-state index in [0.717, 1.165) is 12.1 Å². The van der Waals surface area contributed by atoms with E-state index in [-0.39, 0.29) is 0 Å². The van der Waals surface area contributed by atoms with Gasteiger partial charge < -0.3 is 4.42 Å². The number of hydrogen-bond acceptors (Lipinski definition) is 3. The van der Waals surface area contributed by atoms with Crippen molar-refractivity contribution in [3.05, 3.63) is 59.0 Å². The Balaban J connectivity index is 2.39. The van der Waals surface area contributed by atoms with Crippen molar-refractivity contribution in [3.8, 4) is 0 Å². The van der Waals surface area contributed by atoms with Gasteiger partial charge in [-0.05, 0) is 30.7 Å². The first-order chi connectivity index (χ1) is 8.91. The first-order valence-electron chi connectivity index (χ1n) is 5.60. The molecule has 3 N–H and O–H groups in total. The van der Waals surface area contributed by atoms with Gasteiger partial charge in [-0.2, -0.15) is 13.2 Å². The van der Waals surface area contributed by atoms with E-state index in [9.17, 15) is 13.2 Å². The van der Waals surface area contributed by atoms with Crippen LogP contribution in [0.4, 0.5) is 13.2 Å². The maximum Gasteiger partial charge on any atom is 0.416 e. The maximum absolute atomic E-state index is 12.7. The van der Waals surface area contributed by atoms with Gasteiger partial charge in [0, 0.05) is 5.56 Å². The third kappa shape index (κ3) is 2.97. The lowest BCUT2D eigenvalue weighted by Crippen LogP contribution is -2.28. The molecule has 2 aromatic rings. The molecule has 0 aliphatic heterocycles. The average Bonchev–Trinajstić information content (AvgIpc) is 2.76. The van der Waals surface area contributed by atoms with Gasteiger partial charge in [0.2, 0.25) is 0 Å². The molecule has 0 bridgehead atoms. The van der Waals surface area contributed by atoms with Crippen LogP contribution in [0.15, 0.2) is 41.0 Å². The van der Waals surface area contributed by atoms with Gasteiger partial charge >= 0.3 is 6.18 Å². The van der Waals surface area contributed by atoms with Crippen LogP contribution in [0.25, 0.3) is 0 Å². The highest BCUT2D eigenvalue weighted by molar-refractivity contribution is 5.34. The fourth-order valence-corrected chi connectivity index (χ4v) is 1.89. The number of halogens is 3. The standard InChI is InChI=1S/C13H13F3N2O/c1-8-5-10(7-19-8)12(18-17)9-3-2-4-11(6-9)13(14,15)16/h2-7,12,18H,17H2,1H3. The Labute approximate surface area is 108 Å². The highest BCUT2D eigenvalue weighted by Gasteiger charge is 2.31. The third-order valence-corrected chi connectivity index (χ3v) is 2.80. The zero-order valence-electron chi connectivity index (χ0n) is 10.2. The smallest absolute Gasteiger partial charge is 0.416 e. The first-order valence-corrected chi connectivity index (χ1v) is 5.60. The molecule has 0 aliphatic rings. The van der Waals surface area contributed by atoms with Crippen LogP contribution in [0, 0.1) is 6.92 Å². The monoisotopic (exact) mass is 270 g/mol. The van der Waals surface area contributed by atoms with Crippen molar-refractivity contribution < 1.29 is 17.6 Å². The van der Waals surface area contributed by atoms with Crippen LogP contribution >= 0.6 is 0 Å². The van der Waals surface area contributed by atoms with E-state index >= 15 is 0 Å². The Morgan fingerprint density at radius 3 is 2.47 bits per heavy atom. The summed E-state index contributed by atoms with van der Waals surface area (Å²) in [6, 6.07) is 6.23. The summed E-state index contributed by atoms with van der Waals surface area (Å²) in [5.74, 6) is 6.10. The summed E-state index contributed by atoms with van der Waals surface area (Å²) >= 11 is 0. The number of rotatable bonds is 3. The van der Waals surface area contributed by atoms with Crippen LogP contribution in [0.5, 0.6) is 0 Å². The van der Waals surface area contributed by atoms with Crippen molar-refractivity contribution in [1.82, 2.24) is 5.43 Å². The average molecular weight is 270 g/mol. The summed E-state index contributed by atoms with van der Waals surface area (Å²) in [4.78, 5) is 0. The van der Waals surface area contributed by atoms with E-state index in [1.807, 2.05) is 0 Å². The zero-order valence-corrected chi connectivity index (χ0v) is 10.2. The third-order valence-electron chi connectivity index (χ3n) is 2.80. The van der Waals surface area contributed by atoms with Crippen molar-refractivity contribution in [2.45, 2.75) is 19.1 Å². The molecule has 1 aromatic carbocycles. The van der Waals surface area contributed by atoms with Crippen molar-refractivity contribution in [2.24, 2.45) is 5.84 Å². The maximum atomic E-state index is 12.7. The first kappa shape index (κ1) is 13.6. The van der Waals surface area contributed by atoms with E-state index < -0.39 is 17.8 Å². The fourth-order valence-electron chi connectivity index (χ4n) is 1.89. The second-order valence-corrected chi connectivity index (χ2v) is 4.21. The summed E-state index contributed by atoms with van der Waals surface area (Å²) in [5.41, 5.74) is 2.90. The highest BCUT2D eigenvalue weighted by atomic mass is 19.4. The minimum atomic E-state index is -4.37. The van der Waals surface area contributed by atoms with E-state index in [1.54, 1.807) is 19.1 Å². The Morgan fingerprint density at radius 2 is 1.95 bits per heavy atom. The zero-order chi connectivity index (χ0) is 14.0. The van der Waals surface area contributed by atoms with Crippen LogP contribution in [-0.2, 0) is 6.18 Å². The van der Waals surface area contributed by atoms with Crippen LogP contribution in [0.2, 0.25) is 0 Å². The molecule has 0 radical (unpaired) electrons. The molecule has 1 atom stereocenters. The Kier molecular flexibility index (Phi) is 3.64. The van der Waals surface area contributed by atoms with Crippen molar-refractivity contribution >= 4 is 0 Å². The number of alkyl halides is 3. The Bertz CT molecular complexity index is 563. The van der Waals surface area contributed by atoms with E-state index in [0.29, 0.717) is 16.9 Å². The Hall–Kier alpha value is -1.79. The molecule has 1 heterocycles. The number of aryl methyl sites for hydroxylation is 1.